The molecule has 1 heterocycles. The molecule has 1 amide bonds. The Hall–Kier alpha value is -2.07. The fourth-order valence-electron chi connectivity index (χ4n) is 1.45. The SMILES string of the molecule is COc1ccccc1NC(=O)c1ccncc1.Cl. The van der Waals surface area contributed by atoms with Gasteiger partial charge in [-0.15, -0.1) is 12.4 Å². The number of hydrogen-bond acceptors (Lipinski definition) is 3. The highest BCUT2D eigenvalue weighted by Gasteiger charge is 2.08. The van der Waals surface area contributed by atoms with Crippen LogP contribution in [0.3, 0.4) is 0 Å². The lowest BCUT2D eigenvalue weighted by molar-refractivity contribution is 0.102. The molecule has 0 bridgehead atoms. The maximum atomic E-state index is 11.9. The zero-order chi connectivity index (χ0) is 12.1. The summed E-state index contributed by atoms with van der Waals surface area (Å²) >= 11 is 0. The number of ether oxygens (including phenoxy) is 1. The highest BCUT2D eigenvalue weighted by atomic mass is 35.5. The number of halogens is 1. The van der Waals surface area contributed by atoms with Crippen LogP contribution in [0.25, 0.3) is 0 Å². The van der Waals surface area contributed by atoms with Crippen molar-refractivity contribution in [2.45, 2.75) is 0 Å². The molecule has 2 rings (SSSR count). The lowest BCUT2D eigenvalue weighted by Gasteiger charge is -2.09. The zero-order valence-corrected chi connectivity index (χ0v) is 10.6. The van der Waals surface area contributed by atoms with E-state index >= 15 is 0 Å². The van der Waals surface area contributed by atoms with Crippen molar-refractivity contribution in [3.05, 3.63) is 54.4 Å². The van der Waals surface area contributed by atoms with Gasteiger partial charge in [0.25, 0.3) is 5.91 Å². The molecule has 0 aliphatic rings. The summed E-state index contributed by atoms with van der Waals surface area (Å²) in [4.78, 5) is 15.8. The molecule has 0 aliphatic carbocycles. The van der Waals surface area contributed by atoms with Crippen LogP contribution in [-0.4, -0.2) is 18.0 Å². The molecule has 0 spiro atoms. The Morgan fingerprint density at radius 1 is 1.17 bits per heavy atom. The first-order valence-electron chi connectivity index (χ1n) is 5.15. The van der Waals surface area contributed by atoms with Gasteiger partial charge in [-0.05, 0) is 24.3 Å². The van der Waals surface area contributed by atoms with E-state index in [1.54, 1.807) is 43.8 Å². The smallest absolute Gasteiger partial charge is 0.255 e. The van der Waals surface area contributed by atoms with Gasteiger partial charge in [0.15, 0.2) is 0 Å². The number of anilines is 1. The number of amides is 1. The number of para-hydroxylation sites is 2. The molecule has 1 N–H and O–H groups in total. The van der Waals surface area contributed by atoms with E-state index in [0.29, 0.717) is 17.0 Å². The van der Waals surface area contributed by atoms with Gasteiger partial charge in [-0.2, -0.15) is 0 Å². The topological polar surface area (TPSA) is 51.2 Å². The summed E-state index contributed by atoms with van der Waals surface area (Å²) in [7, 11) is 1.57. The molecule has 0 unspecified atom stereocenters. The van der Waals surface area contributed by atoms with Crippen LogP contribution in [0.5, 0.6) is 5.75 Å². The lowest BCUT2D eigenvalue weighted by atomic mass is 10.2. The third kappa shape index (κ3) is 3.21. The number of hydrogen-bond donors (Lipinski definition) is 1. The van der Waals surface area contributed by atoms with Crippen molar-refractivity contribution in [3.63, 3.8) is 0 Å². The number of rotatable bonds is 3. The van der Waals surface area contributed by atoms with E-state index in [4.69, 9.17) is 4.74 Å². The van der Waals surface area contributed by atoms with Crippen LogP contribution in [0.15, 0.2) is 48.8 Å². The van der Waals surface area contributed by atoms with E-state index in [9.17, 15) is 4.79 Å². The average molecular weight is 265 g/mol. The second-order valence-electron chi connectivity index (χ2n) is 3.39. The number of aromatic nitrogens is 1. The Morgan fingerprint density at radius 3 is 2.50 bits per heavy atom. The maximum Gasteiger partial charge on any atom is 0.255 e. The van der Waals surface area contributed by atoms with Crippen molar-refractivity contribution < 1.29 is 9.53 Å². The number of carbonyl (C=O) groups excluding carboxylic acids is 1. The molecule has 2 aromatic rings. The number of carbonyl (C=O) groups is 1. The number of nitrogens with zero attached hydrogens (tertiary/aromatic N) is 1. The monoisotopic (exact) mass is 264 g/mol. The van der Waals surface area contributed by atoms with Crippen LogP contribution >= 0.6 is 12.4 Å². The third-order valence-electron chi connectivity index (χ3n) is 2.30. The van der Waals surface area contributed by atoms with E-state index in [1.165, 1.54) is 0 Å². The largest absolute Gasteiger partial charge is 0.495 e. The number of pyridine rings is 1. The van der Waals surface area contributed by atoms with Gasteiger partial charge in [-0.25, -0.2) is 0 Å². The predicted molar refractivity (Wildman–Crippen MR) is 72.4 cm³/mol. The fourth-order valence-corrected chi connectivity index (χ4v) is 1.45. The van der Waals surface area contributed by atoms with Crippen molar-refractivity contribution in [2.24, 2.45) is 0 Å². The second-order valence-corrected chi connectivity index (χ2v) is 3.39. The Kier molecular flexibility index (Phi) is 5.14. The van der Waals surface area contributed by atoms with Crippen molar-refractivity contribution in [1.29, 1.82) is 0 Å². The Labute approximate surface area is 111 Å². The molecule has 0 aliphatic heterocycles. The van der Waals surface area contributed by atoms with Crippen molar-refractivity contribution in [1.82, 2.24) is 4.98 Å². The first-order valence-corrected chi connectivity index (χ1v) is 5.15. The van der Waals surface area contributed by atoms with Gasteiger partial charge in [0, 0.05) is 18.0 Å². The van der Waals surface area contributed by atoms with Gasteiger partial charge in [0.1, 0.15) is 5.75 Å². The van der Waals surface area contributed by atoms with E-state index in [1.807, 2.05) is 12.1 Å². The maximum absolute atomic E-state index is 11.9. The summed E-state index contributed by atoms with van der Waals surface area (Å²) in [6.07, 6.45) is 3.16. The molecule has 0 radical (unpaired) electrons. The summed E-state index contributed by atoms with van der Waals surface area (Å²) in [5, 5.41) is 2.79. The van der Waals surface area contributed by atoms with Crippen LogP contribution in [0.1, 0.15) is 10.4 Å². The molecule has 5 heteroatoms. The first-order chi connectivity index (χ1) is 8.31. The van der Waals surface area contributed by atoms with E-state index < -0.39 is 0 Å². The Bertz CT molecular complexity index is 517. The Balaban J connectivity index is 0.00000162. The molecule has 0 saturated heterocycles. The van der Waals surface area contributed by atoms with Crippen molar-refractivity contribution in [3.8, 4) is 5.75 Å². The van der Waals surface area contributed by atoms with Gasteiger partial charge in [0.05, 0.1) is 12.8 Å². The summed E-state index contributed by atoms with van der Waals surface area (Å²) in [6.45, 7) is 0. The minimum atomic E-state index is -0.183. The zero-order valence-electron chi connectivity index (χ0n) is 9.79. The highest BCUT2D eigenvalue weighted by Crippen LogP contribution is 2.23. The van der Waals surface area contributed by atoms with Gasteiger partial charge < -0.3 is 10.1 Å². The average Bonchev–Trinajstić information content (AvgIpc) is 2.40. The van der Waals surface area contributed by atoms with E-state index in [-0.39, 0.29) is 18.3 Å². The standard InChI is InChI=1S/C13H12N2O2.ClH/c1-17-12-5-3-2-4-11(12)15-13(16)10-6-8-14-9-7-10;/h2-9H,1H3,(H,15,16);1H. The lowest BCUT2D eigenvalue weighted by Crippen LogP contribution is -2.12. The summed E-state index contributed by atoms with van der Waals surface area (Å²) < 4.78 is 5.16. The Morgan fingerprint density at radius 2 is 1.83 bits per heavy atom. The molecule has 1 aromatic carbocycles. The third-order valence-corrected chi connectivity index (χ3v) is 2.30. The molecule has 94 valence electrons. The van der Waals surface area contributed by atoms with Crippen LogP contribution in [0, 0.1) is 0 Å². The van der Waals surface area contributed by atoms with Crippen LogP contribution in [0.4, 0.5) is 5.69 Å². The summed E-state index contributed by atoms with van der Waals surface area (Å²) in [5.41, 5.74) is 1.21. The van der Waals surface area contributed by atoms with Crippen LogP contribution in [0.2, 0.25) is 0 Å². The number of benzene rings is 1. The molecule has 0 saturated carbocycles. The molecule has 18 heavy (non-hydrogen) atoms. The van der Waals surface area contributed by atoms with Gasteiger partial charge >= 0.3 is 0 Å². The molecule has 4 nitrogen and oxygen atoms in total. The van der Waals surface area contributed by atoms with Crippen LogP contribution < -0.4 is 10.1 Å². The second kappa shape index (κ2) is 6.61. The number of methoxy groups -OCH3 is 1. The molecule has 0 atom stereocenters. The molecule has 0 fully saturated rings. The molecule has 1 aromatic heterocycles. The molecular formula is C13H13ClN2O2. The number of nitrogens with one attached hydrogen (secondary N) is 1. The van der Waals surface area contributed by atoms with Gasteiger partial charge in [0.2, 0.25) is 0 Å². The van der Waals surface area contributed by atoms with Crippen molar-refractivity contribution in [2.75, 3.05) is 12.4 Å². The minimum Gasteiger partial charge on any atom is -0.495 e. The normalized spacial score (nSPS) is 9.17. The van der Waals surface area contributed by atoms with E-state index in [2.05, 4.69) is 10.3 Å². The minimum absolute atomic E-state index is 0. The van der Waals surface area contributed by atoms with Gasteiger partial charge in [-0.3, -0.25) is 9.78 Å². The molecular weight excluding hydrogens is 252 g/mol. The highest BCUT2D eigenvalue weighted by molar-refractivity contribution is 6.04. The first kappa shape index (κ1) is 14.0. The van der Waals surface area contributed by atoms with Crippen molar-refractivity contribution >= 4 is 24.0 Å². The summed E-state index contributed by atoms with van der Waals surface area (Å²) in [6, 6.07) is 10.6. The van der Waals surface area contributed by atoms with Gasteiger partial charge in [-0.1, -0.05) is 12.1 Å². The van der Waals surface area contributed by atoms with Crippen LogP contribution in [-0.2, 0) is 0 Å². The van der Waals surface area contributed by atoms with E-state index in [0.717, 1.165) is 0 Å². The fraction of sp³-hybridized carbons (Fsp3) is 0.0769. The quantitative estimate of drug-likeness (QED) is 0.927. The predicted octanol–water partition coefficient (Wildman–Crippen LogP) is 2.76. The summed E-state index contributed by atoms with van der Waals surface area (Å²) in [5.74, 6) is 0.451.